The van der Waals surface area contributed by atoms with Gasteiger partial charge in [0, 0.05) is 32.7 Å². The summed E-state index contributed by atoms with van der Waals surface area (Å²) in [5.41, 5.74) is 0.895. The van der Waals surface area contributed by atoms with Crippen LogP contribution in [0.4, 0.5) is 0 Å². The summed E-state index contributed by atoms with van der Waals surface area (Å²) >= 11 is 0. The molecule has 25 heavy (non-hydrogen) atoms. The lowest BCUT2D eigenvalue weighted by atomic mass is 9.97. The third-order valence-electron chi connectivity index (χ3n) is 4.51. The van der Waals surface area contributed by atoms with Crippen molar-refractivity contribution in [3.8, 4) is 5.75 Å². The van der Waals surface area contributed by atoms with Gasteiger partial charge < -0.3 is 10.1 Å². The van der Waals surface area contributed by atoms with Crippen LogP contribution in [0, 0.1) is 5.92 Å². The minimum absolute atomic E-state index is 0.128. The third kappa shape index (κ3) is 4.50. The van der Waals surface area contributed by atoms with Gasteiger partial charge in [0.05, 0.1) is 19.1 Å². The van der Waals surface area contributed by atoms with Gasteiger partial charge in [-0.1, -0.05) is 18.2 Å². The van der Waals surface area contributed by atoms with E-state index < -0.39 is 10.2 Å². The van der Waals surface area contributed by atoms with Gasteiger partial charge in [0.15, 0.2) is 0 Å². The van der Waals surface area contributed by atoms with Gasteiger partial charge in [0.25, 0.3) is 10.2 Å². The molecular weight excluding hydrogens is 342 g/mol. The molecule has 1 aliphatic heterocycles. The molecule has 1 aromatic carbocycles. The van der Waals surface area contributed by atoms with Crippen LogP contribution in [-0.2, 0) is 15.0 Å². The standard InChI is InChI=1S/C17H27N3O4S/c1-13(15-9-5-6-10-16(15)24-4)18-17(21)14-8-7-11-20(12-14)25(22,23)19(2)3/h5-6,9-10,13-14H,7-8,11-12H2,1-4H3,(H,18,21)/t13-,14-/m0/s1. The number of methoxy groups -OCH3 is 1. The predicted octanol–water partition coefficient (Wildman–Crippen LogP) is 1.39. The molecule has 1 fully saturated rings. The molecule has 1 aliphatic rings. The van der Waals surface area contributed by atoms with E-state index in [1.54, 1.807) is 7.11 Å². The lowest BCUT2D eigenvalue weighted by Crippen LogP contribution is -2.49. The highest BCUT2D eigenvalue weighted by Crippen LogP contribution is 2.26. The Balaban J connectivity index is 2.05. The highest BCUT2D eigenvalue weighted by atomic mass is 32.2. The Morgan fingerprint density at radius 2 is 2.04 bits per heavy atom. The lowest BCUT2D eigenvalue weighted by Gasteiger charge is -2.33. The van der Waals surface area contributed by atoms with Gasteiger partial charge >= 0.3 is 0 Å². The Kier molecular flexibility index (Phi) is 6.42. The van der Waals surface area contributed by atoms with Gasteiger partial charge in [-0.25, -0.2) is 0 Å². The maximum absolute atomic E-state index is 12.6. The highest BCUT2D eigenvalue weighted by Gasteiger charge is 2.34. The van der Waals surface area contributed by atoms with Crippen molar-refractivity contribution in [3.63, 3.8) is 0 Å². The second-order valence-electron chi connectivity index (χ2n) is 6.46. The van der Waals surface area contributed by atoms with E-state index in [9.17, 15) is 13.2 Å². The average Bonchev–Trinajstić information content (AvgIpc) is 2.61. The summed E-state index contributed by atoms with van der Waals surface area (Å²) in [5, 5.41) is 2.99. The molecular formula is C17H27N3O4S. The van der Waals surface area contributed by atoms with Crippen LogP contribution < -0.4 is 10.1 Å². The van der Waals surface area contributed by atoms with E-state index in [1.165, 1.54) is 22.7 Å². The summed E-state index contributed by atoms with van der Waals surface area (Å²) in [5.74, 6) is 0.244. The first-order chi connectivity index (χ1) is 11.8. The summed E-state index contributed by atoms with van der Waals surface area (Å²) in [7, 11) is 1.11. The molecule has 1 amide bonds. The SMILES string of the molecule is COc1ccccc1[C@H](C)NC(=O)[C@H]1CCCN(S(=O)(=O)N(C)C)C1. The minimum Gasteiger partial charge on any atom is -0.496 e. The number of hydrogen-bond acceptors (Lipinski definition) is 4. The summed E-state index contributed by atoms with van der Waals surface area (Å²) in [6.45, 7) is 2.56. The number of carbonyl (C=O) groups excluding carboxylic acids is 1. The zero-order valence-electron chi connectivity index (χ0n) is 15.2. The topological polar surface area (TPSA) is 79.0 Å². The highest BCUT2D eigenvalue weighted by molar-refractivity contribution is 7.86. The second kappa shape index (κ2) is 8.16. The molecule has 0 radical (unpaired) electrons. The van der Waals surface area contributed by atoms with Gasteiger partial charge in [-0.05, 0) is 25.8 Å². The first kappa shape index (κ1) is 19.7. The third-order valence-corrected chi connectivity index (χ3v) is 6.41. The summed E-state index contributed by atoms with van der Waals surface area (Å²) < 4.78 is 32.5. The van der Waals surface area contributed by atoms with Crippen molar-refractivity contribution in [3.05, 3.63) is 29.8 Å². The zero-order valence-corrected chi connectivity index (χ0v) is 16.0. The Bertz CT molecular complexity index is 706. The molecule has 140 valence electrons. The van der Waals surface area contributed by atoms with Crippen molar-refractivity contribution in [2.24, 2.45) is 5.92 Å². The fraction of sp³-hybridized carbons (Fsp3) is 0.588. The van der Waals surface area contributed by atoms with Crippen molar-refractivity contribution in [1.29, 1.82) is 0 Å². The van der Waals surface area contributed by atoms with Gasteiger partial charge in [-0.3, -0.25) is 4.79 Å². The van der Waals surface area contributed by atoms with Crippen LogP contribution in [0.25, 0.3) is 0 Å². The first-order valence-electron chi connectivity index (χ1n) is 8.38. The molecule has 1 saturated heterocycles. The fourth-order valence-corrected chi connectivity index (χ4v) is 4.22. The number of benzene rings is 1. The second-order valence-corrected chi connectivity index (χ2v) is 8.60. The summed E-state index contributed by atoms with van der Waals surface area (Å²) in [6, 6.07) is 7.32. The number of nitrogens with one attached hydrogen (secondary N) is 1. The van der Waals surface area contributed by atoms with Crippen LogP contribution in [0.3, 0.4) is 0 Å². The number of piperidine rings is 1. The Labute approximate surface area is 150 Å². The predicted molar refractivity (Wildman–Crippen MR) is 96.5 cm³/mol. The molecule has 0 unspecified atom stereocenters. The van der Waals surface area contributed by atoms with Crippen LogP contribution in [0.1, 0.15) is 31.4 Å². The van der Waals surface area contributed by atoms with Gasteiger partial charge in [0.1, 0.15) is 5.75 Å². The molecule has 1 aromatic rings. The van der Waals surface area contributed by atoms with Gasteiger partial charge in [-0.2, -0.15) is 17.0 Å². The molecule has 1 N–H and O–H groups in total. The Morgan fingerprint density at radius 3 is 2.68 bits per heavy atom. The number of ether oxygens (including phenoxy) is 1. The molecule has 0 aliphatic carbocycles. The minimum atomic E-state index is -3.49. The number of para-hydroxylation sites is 1. The monoisotopic (exact) mass is 369 g/mol. The van der Waals surface area contributed by atoms with Crippen molar-refractivity contribution in [2.75, 3.05) is 34.3 Å². The molecule has 0 saturated carbocycles. The first-order valence-corrected chi connectivity index (χ1v) is 9.78. The van der Waals surface area contributed by atoms with Gasteiger partial charge in [-0.15, -0.1) is 0 Å². The van der Waals surface area contributed by atoms with E-state index in [2.05, 4.69) is 5.32 Å². The van der Waals surface area contributed by atoms with E-state index >= 15 is 0 Å². The number of nitrogens with zero attached hydrogens (tertiary/aromatic N) is 2. The largest absolute Gasteiger partial charge is 0.496 e. The fourth-order valence-electron chi connectivity index (χ4n) is 3.03. The lowest BCUT2D eigenvalue weighted by molar-refractivity contribution is -0.126. The number of carbonyl (C=O) groups is 1. The zero-order chi connectivity index (χ0) is 18.6. The van der Waals surface area contributed by atoms with E-state index in [0.29, 0.717) is 19.4 Å². The number of hydrogen-bond donors (Lipinski definition) is 1. The van der Waals surface area contributed by atoms with Crippen molar-refractivity contribution in [2.45, 2.75) is 25.8 Å². The smallest absolute Gasteiger partial charge is 0.281 e. The molecule has 0 bridgehead atoms. The molecule has 0 aromatic heterocycles. The number of amides is 1. The van der Waals surface area contributed by atoms with E-state index in [1.807, 2.05) is 31.2 Å². The average molecular weight is 369 g/mol. The van der Waals surface area contributed by atoms with Gasteiger partial charge in [0.2, 0.25) is 5.91 Å². The van der Waals surface area contributed by atoms with Crippen LogP contribution in [0.5, 0.6) is 5.75 Å². The molecule has 8 heteroatoms. The Morgan fingerprint density at radius 1 is 1.36 bits per heavy atom. The van der Waals surface area contributed by atoms with Crippen LogP contribution in [0.2, 0.25) is 0 Å². The maximum Gasteiger partial charge on any atom is 0.281 e. The normalized spacial score (nSPS) is 20.3. The summed E-state index contributed by atoms with van der Waals surface area (Å²) in [6.07, 6.45) is 1.36. The van der Waals surface area contributed by atoms with Crippen LogP contribution >= 0.6 is 0 Å². The molecule has 0 spiro atoms. The molecule has 2 rings (SSSR count). The quantitative estimate of drug-likeness (QED) is 0.822. The summed E-state index contributed by atoms with van der Waals surface area (Å²) in [4.78, 5) is 12.6. The van der Waals surface area contributed by atoms with Crippen LogP contribution in [0.15, 0.2) is 24.3 Å². The Hall–Kier alpha value is -1.64. The van der Waals surface area contributed by atoms with E-state index in [-0.39, 0.29) is 24.4 Å². The van der Waals surface area contributed by atoms with Crippen molar-refractivity contribution in [1.82, 2.24) is 13.9 Å². The van der Waals surface area contributed by atoms with Crippen LogP contribution in [-0.4, -0.2) is 57.2 Å². The van der Waals surface area contributed by atoms with Crippen molar-refractivity contribution >= 4 is 16.1 Å². The van der Waals surface area contributed by atoms with Crippen molar-refractivity contribution < 1.29 is 17.9 Å². The molecule has 2 atom stereocenters. The maximum atomic E-state index is 12.6. The van der Waals surface area contributed by atoms with E-state index in [4.69, 9.17) is 4.74 Å². The van der Waals surface area contributed by atoms with E-state index in [0.717, 1.165) is 11.3 Å². The molecule has 1 heterocycles. The molecule has 7 nitrogen and oxygen atoms in total. The number of rotatable bonds is 6.